The van der Waals surface area contributed by atoms with Crippen molar-refractivity contribution >= 4 is 11.8 Å². The molecular weight excluding hydrogens is 323 g/mol. The van der Waals surface area contributed by atoms with Crippen LogP contribution in [0.5, 0.6) is 0 Å². The van der Waals surface area contributed by atoms with Crippen LogP contribution in [0.3, 0.4) is 0 Å². The number of likely N-dealkylation sites (tertiary alicyclic amines) is 1. The number of halogens is 3. The molecule has 1 N–H and O–H groups in total. The number of hydrogen-bond acceptors (Lipinski definition) is 4. The van der Waals surface area contributed by atoms with Crippen molar-refractivity contribution in [2.75, 3.05) is 31.6 Å². The molecule has 132 valence electrons. The van der Waals surface area contributed by atoms with Crippen LogP contribution in [0.15, 0.2) is 18.3 Å². The predicted molar refractivity (Wildman–Crippen MR) is 81.8 cm³/mol. The number of pyridine rings is 1. The molecule has 0 unspecified atom stereocenters. The number of rotatable bonds is 2. The molecule has 1 aromatic heterocycles. The summed E-state index contributed by atoms with van der Waals surface area (Å²) in [7, 11) is 1.84. The first-order valence-electron chi connectivity index (χ1n) is 7.96. The first kappa shape index (κ1) is 17.0. The Labute approximate surface area is 138 Å². The van der Waals surface area contributed by atoms with Crippen LogP contribution in [0, 0.1) is 5.41 Å². The van der Waals surface area contributed by atoms with Crippen molar-refractivity contribution in [3.8, 4) is 0 Å². The Bertz CT molecular complexity index is 637. The molecule has 8 heteroatoms. The van der Waals surface area contributed by atoms with Crippen molar-refractivity contribution in [2.24, 2.45) is 5.41 Å². The third-order valence-corrected chi connectivity index (χ3v) is 5.34. The molecule has 0 spiro atoms. The van der Waals surface area contributed by atoms with Crippen molar-refractivity contribution in [3.05, 3.63) is 23.9 Å². The molecule has 2 atom stereocenters. The van der Waals surface area contributed by atoms with Gasteiger partial charge in [-0.2, -0.15) is 13.2 Å². The van der Waals surface area contributed by atoms with Gasteiger partial charge in [-0.25, -0.2) is 4.98 Å². The number of carboxylic acid groups (broad SMARTS) is 1. The lowest BCUT2D eigenvalue weighted by atomic mass is 9.68. The maximum Gasteiger partial charge on any atom is 0.419 e. The van der Waals surface area contributed by atoms with E-state index in [9.17, 15) is 23.1 Å². The quantitative estimate of drug-likeness (QED) is 0.894. The van der Waals surface area contributed by atoms with Gasteiger partial charge in [0.15, 0.2) is 0 Å². The van der Waals surface area contributed by atoms with Crippen LogP contribution in [0.2, 0.25) is 0 Å². The summed E-state index contributed by atoms with van der Waals surface area (Å²) in [6, 6.07) is 1.97. The largest absolute Gasteiger partial charge is 0.481 e. The summed E-state index contributed by atoms with van der Waals surface area (Å²) >= 11 is 0. The van der Waals surface area contributed by atoms with E-state index in [1.807, 2.05) is 11.9 Å². The van der Waals surface area contributed by atoms with E-state index in [1.165, 1.54) is 12.3 Å². The minimum Gasteiger partial charge on any atom is -0.481 e. The molecule has 2 saturated heterocycles. The van der Waals surface area contributed by atoms with E-state index in [0.717, 1.165) is 19.0 Å². The zero-order valence-electron chi connectivity index (χ0n) is 13.4. The molecule has 0 bridgehead atoms. The monoisotopic (exact) mass is 343 g/mol. The number of alkyl halides is 3. The van der Waals surface area contributed by atoms with Crippen molar-refractivity contribution in [1.82, 2.24) is 9.88 Å². The van der Waals surface area contributed by atoms with Gasteiger partial charge in [0.25, 0.3) is 0 Å². The number of aliphatic carboxylic acids is 1. The molecule has 2 fully saturated rings. The number of nitrogens with zero attached hydrogens (tertiary/aromatic N) is 3. The highest BCUT2D eigenvalue weighted by atomic mass is 19.4. The summed E-state index contributed by atoms with van der Waals surface area (Å²) in [6.07, 6.45) is -1.46. The number of hydrogen-bond donors (Lipinski definition) is 1. The van der Waals surface area contributed by atoms with E-state index in [2.05, 4.69) is 4.98 Å². The van der Waals surface area contributed by atoms with E-state index in [1.54, 1.807) is 4.90 Å². The molecule has 5 nitrogen and oxygen atoms in total. The van der Waals surface area contributed by atoms with Crippen LogP contribution < -0.4 is 4.90 Å². The molecule has 2 aliphatic rings. The molecule has 24 heavy (non-hydrogen) atoms. The van der Waals surface area contributed by atoms with Gasteiger partial charge in [0.2, 0.25) is 0 Å². The Morgan fingerprint density at radius 1 is 1.38 bits per heavy atom. The van der Waals surface area contributed by atoms with Crippen LogP contribution in [0.4, 0.5) is 19.0 Å². The second-order valence-corrected chi connectivity index (χ2v) is 6.63. The van der Waals surface area contributed by atoms with Gasteiger partial charge in [0.1, 0.15) is 5.82 Å². The molecule has 0 radical (unpaired) electrons. The first-order chi connectivity index (χ1) is 11.3. The van der Waals surface area contributed by atoms with Crippen molar-refractivity contribution in [3.63, 3.8) is 0 Å². The maximum absolute atomic E-state index is 13.2. The van der Waals surface area contributed by atoms with Gasteiger partial charge in [-0.15, -0.1) is 0 Å². The lowest BCUT2D eigenvalue weighted by Crippen LogP contribution is -2.63. The highest BCUT2D eigenvalue weighted by Crippen LogP contribution is 2.44. The highest BCUT2D eigenvalue weighted by Gasteiger charge is 2.53. The maximum atomic E-state index is 13.2. The van der Waals surface area contributed by atoms with E-state index < -0.39 is 23.1 Å². The van der Waals surface area contributed by atoms with Crippen LogP contribution in [-0.2, 0) is 11.0 Å². The van der Waals surface area contributed by atoms with E-state index in [4.69, 9.17) is 0 Å². The standard InChI is InChI=1S/C16H20F3N3O2/c1-21-8-3-5-15(14(23)24)6-9-22(10-12(15)21)13-11(16(17,18)19)4-2-7-20-13/h2,4,7,12H,3,5-6,8-10H2,1H3,(H,23,24)/t12-,15+/m1/s1. The summed E-state index contributed by atoms with van der Waals surface area (Å²) in [5, 5.41) is 9.74. The Balaban J connectivity index is 1.94. The van der Waals surface area contributed by atoms with Gasteiger partial charge in [0, 0.05) is 25.3 Å². The number of carboxylic acids is 1. The summed E-state index contributed by atoms with van der Waals surface area (Å²) in [4.78, 5) is 19.4. The number of likely N-dealkylation sites (N-methyl/N-ethyl adjacent to an activating group) is 1. The molecule has 0 aliphatic carbocycles. The Kier molecular flexibility index (Phi) is 4.19. The Hall–Kier alpha value is -1.83. The highest BCUT2D eigenvalue weighted by molar-refractivity contribution is 5.76. The SMILES string of the molecule is CN1CCC[C@]2(C(=O)O)CCN(c3ncccc3C(F)(F)F)C[C@@H]12. The lowest BCUT2D eigenvalue weighted by Gasteiger charge is -2.52. The number of piperidine rings is 2. The number of fused-ring (bicyclic) bond motifs is 1. The summed E-state index contributed by atoms with van der Waals surface area (Å²) in [5.41, 5.74) is -1.65. The molecule has 1 aromatic rings. The molecule has 2 aliphatic heterocycles. The predicted octanol–water partition coefficient (Wildman–Crippen LogP) is 2.48. The molecule has 3 heterocycles. The van der Waals surface area contributed by atoms with Gasteiger partial charge in [0.05, 0.1) is 11.0 Å². The topological polar surface area (TPSA) is 56.7 Å². The summed E-state index contributed by atoms with van der Waals surface area (Å²) in [6.45, 7) is 1.25. The first-order valence-corrected chi connectivity index (χ1v) is 7.96. The fourth-order valence-electron chi connectivity index (χ4n) is 4.05. The van der Waals surface area contributed by atoms with Crippen molar-refractivity contribution in [1.29, 1.82) is 0 Å². The van der Waals surface area contributed by atoms with Gasteiger partial charge < -0.3 is 14.9 Å². The molecule has 3 rings (SSSR count). The van der Waals surface area contributed by atoms with E-state index in [0.29, 0.717) is 12.8 Å². The van der Waals surface area contributed by atoms with Gasteiger partial charge in [-0.3, -0.25) is 4.79 Å². The Morgan fingerprint density at radius 3 is 2.79 bits per heavy atom. The van der Waals surface area contributed by atoms with Crippen LogP contribution in [-0.4, -0.2) is 53.7 Å². The lowest BCUT2D eigenvalue weighted by molar-refractivity contribution is -0.158. The fourth-order valence-corrected chi connectivity index (χ4v) is 4.05. The van der Waals surface area contributed by atoms with Gasteiger partial charge in [-0.05, 0) is 45.0 Å². The third kappa shape index (κ3) is 2.72. The average Bonchev–Trinajstić information content (AvgIpc) is 2.54. The molecule has 0 saturated carbocycles. The third-order valence-electron chi connectivity index (χ3n) is 5.34. The minimum absolute atomic E-state index is 0.108. The second kappa shape index (κ2) is 5.91. The van der Waals surface area contributed by atoms with E-state index in [-0.39, 0.29) is 24.9 Å². The summed E-state index contributed by atoms with van der Waals surface area (Å²) in [5.74, 6) is -0.960. The molecule has 0 amide bonds. The van der Waals surface area contributed by atoms with Crippen molar-refractivity contribution in [2.45, 2.75) is 31.5 Å². The number of anilines is 1. The molecule has 0 aromatic carbocycles. The second-order valence-electron chi connectivity index (χ2n) is 6.63. The van der Waals surface area contributed by atoms with Gasteiger partial charge >= 0.3 is 12.1 Å². The fraction of sp³-hybridized carbons (Fsp3) is 0.625. The number of carbonyl (C=O) groups is 1. The van der Waals surface area contributed by atoms with Crippen LogP contribution in [0.1, 0.15) is 24.8 Å². The average molecular weight is 343 g/mol. The molecular formula is C16H20F3N3O2. The number of aromatic nitrogens is 1. The van der Waals surface area contributed by atoms with Crippen LogP contribution in [0.25, 0.3) is 0 Å². The van der Waals surface area contributed by atoms with Gasteiger partial charge in [-0.1, -0.05) is 0 Å². The van der Waals surface area contributed by atoms with E-state index >= 15 is 0 Å². The smallest absolute Gasteiger partial charge is 0.419 e. The Morgan fingerprint density at radius 2 is 2.12 bits per heavy atom. The minimum atomic E-state index is -4.48. The normalized spacial score (nSPS) is 28.5. The zero-order chi connectivity index (χ0) is 17.5. The van der Waals surface area contributed by atoms with Crippen LogP contribution >= 0.6 is 0 Å². The van der Waals surface area contributed by atoms with Crippen molar-refractivity contribution < 1.29 is 23.1 Å². The zero-order valence-corrected chi connectivity index (χ0v) is 13.4. The summed E-state index contributed by atoms with van der Waals surface area (Å²) < 4.78 is 39.7.